The van der Waals surface area contributed by atoms with E-state index in [1.807, 2.05) is 4.90 Å². The monoisotopic (exact) mass is 405 g/mol. The molecule has 0 bridgehead atoms. The van der Waals surface area contributed by atoms with E-state index in [0.29, 0.717) is 5.82 Å². The van der Waals surface area contributed by atoms with Gasteiger partial charge in [0, 0.05) is 31.7 Å². The second kappa shape index (κ2) is 8.69. The van der Waals surface area contributed by atoms with Crippen molar-refractivity contribution in [2.24, 2.45) is 0 Å². The van der Waals surface area contributed by atoms with Crippen LogP contribution in [0.5, 0.6) is 0 Å². The lowest BCUT2D eigenvalue weighted by Gasteiger charge is -2.30. The summed E-state index contributed by atoms with van der Waals surface area (Å²) < 4.78 is 33.3. The highest BCUT2D eigenvalue weighted by Gasteiger charge is 2.26. The number of amides is 1. The number of anilines is 2. The number of hydrogen-bond acceptors (Lipinski definition) is 6. The van der Waals surface area contributed by atoms with Crippen molar-refractivity contribution in [3.8, 4) is 0 Å². The molecule has 0 atom stereocenters. The topological polar surface area (TPSA) is 70.6 Å². The summed E-state index contributed by atoms with van der Waals surface area (Å²) in [6, 6.07) is 3.11. The van der Waals surface area contributed by atoms with Crippen LogP contribution in [0.15, 0.2) is 30.6 Å². The fraction of sp³-hybridized carbons (Fsp3) is 0.450. The third-order valence-electron chi connectivity index (χ3n) is 4.28. The minimum Gasteiger partial charge on any atom is -0.443 e. The molecule has 156 valence electrons. The number of carbonyl (C=O) groups is 1. The van der Waals surface area contributed by atoms with Gasteiger partial charge < -0.3 is 15.0 Å². The van der Waals surface area contributed by atoms with E-state index in [1.165, 1.54) is 11.1 Å². The molecular weight excluding hydrogens is 380 g/mol. The number of nitrogens with one attached hydrogen (secondary N) is 1. The molecule has 1 aliphatic rings. The van der Waals surface area contributed by atoms with Gasteiger partial charge in [-0.15, -0.1) is 0 Å². The Hall–Kier alpha value is -2.81. The SMILES string of the molecule is CC(C)(C)OC(=O)N(Cc1cc(F)ccc1F)c1cncc(N2CCNCC2)n1. The highest BCUT2D eigenvalue weighted by molar-refractivity contribution is 5.86. The van der Waals surface area contributed by atoms with E-state index in [1.54, 1.807) is 27.0 Å². The third kappa shape index (κ3) is 5.60. The normalized spacial score (nSPS) is 14.6. The van der Waals surface area contributed by atoms with E-state index in [9.17, 15) is 13.6 Å². The highest BCUT2D eigenvalue weighted by Crippen LogP contribution is 2.23. The maximum absolute atomic E-state index is 14.2. The largest absolute Gasteiger partial charge is 0.443 e. The van der Waals surface area contributed by atoms with Gasteiger partial charge in [-0.2, -0.15) is 0 Å². The first-order valence-electron chi connectivity index (χ1n) is 9.45. The van der Waals surface area contributed by atoms with Gasteiger partial charge in [-0.1, -0.05) is 0 Å². The molecule has 2 heterocycles. The minimum absolute atomic E-state index is 0.0187. The minimum atomic E-state index is -0.764. The van der Waals surface area contributed by atoms with Gasteiger partial charge in [0.25, 0.3) is 0 Å². The van der Waals surface area contributed by atoms with E-state index < -0.39 is 23.3 Å². The molecular formula is C20H25F2N5O2. The molecule has 1 aliphatic heterocycles. The number of aromatic nitrogens is 2. The maximum Gasteiger partial charge on any atom is 0.416 e. The molecule has 1 amide bonds. The van der Waals surface area contributed by atoms with Crippen LogP contribution in [-0.4, -0.2) is 47.8 Å². The second-order valence-corrected chi connectivity index (χ2v) is 7.77. The van der Waals surface area contributed by atoms with Crippen molar-refractivity contribution in [3.05, 3.63) is 47.8 Å². The van der Waals surface area contributed by atoms with Crippen LogP contribution in [0.4, 0.5) is 25.2 Å². The van der Waals surface area contributed by atoms with Gasteiger partial charge in [-0.3, -0.25) is 9.88 Å². The molecule has 1 aromatic heterocycles. The lowest BCUT2D eigenvalue weighted by molar-refractivity contribution is 0.0576. The number of ether oxygens (including phenoxy) is 1. The van der Waals surface area contributed by atoms with Gasteiger partial charge in [0.1, 0.15) is 23.1 Å². The standard InChI is InChI=1S/C20H25F2N5O2/c1-20(2,3)29-19(28)27(13-14-10-15(21)4-5-16(14)22)18-12-24-11-17(25-18)26-8-6-23-7-9-26/h4-5,10-12,23H,6-9,13H2,1-3H3. The van der Waals surface area contributed by atoms with Crippen LogP contribution in [0.1, 0.15) is 26.3 Å². The summed E-state index contributed by atoms with van der Waals surface area (Å²) in [5.41, 5.74) is -0.746. The van der Waals surface area contributed by atoms with Crippen molar-refractivity contribution < 1.29 is 18.3 Å². The molecule has 0 radical (unpaired) electrons. The van der Waals surface area contributed by atoms with E-state index >= 15 is 0 Å². The maximum atomic E-state index is 14.2. The number of piperazine rings is 1. The van der Waals surface area contributed by atoms with Crippen LogP contribution in [0.25, 0.3) is 0 Å². The smallest absolute Gasteiger partial charge is 0.416 e. The Balaban J connectivity index is 1.94. The molecule has 9 heteroatoms. The molecule has 1 saturated heterocycles. The second-order valence-electron chi connectivity index (χ2n) is 7.77. The molecule has 2 aromatic rings. The van der Waals surface area contributed by atoms with E-state index in [-0.39, 0.29) is 17.9 Å². The molecule has 7 nitrogen and oxygen atoms in total. The number of nitrogens with zero attached hydrogens (tertiary/aromatic N) is 4. The van der Waals surface area contributed by atoms with Crippen LogP contribution >= 0.6 is 0 Å². The molecule has 0 unspecified atom stereocenters. The predicted molar refractivity (Wildman–Crippen MR) is 106 cm³/mol. The van der Waals surface area contributed by atoms with Gasteiger partial charge in [-0.05, 0) is 39.0 Å². The molecule has 1 fully saturated rings. The number of hydrogen-bond donors (Lipinski definition) is 1. The van der Waals surface area contributed by atoms with Gasteiger partial charge in [0.2, 0.25) is 0 Å². The molecule has 29 heavy (non-hydrogen) atoms. The zero-order valence-corrected chi connectivity index (χ0v) is 16.8. The summed E-state index contributed by atoms with van der Waals surface area (Å²) in [6.07, 6.45) is 2.31. The summed E-state index contributed by atoms with van der Waals surface area (Å²) in [5, 5.41) is 3.26. The van der Waals surface area contributed by atoms with Crippen LogP contribution in [-0.2, 0) is 11.3 Å². The number of carbonyl (C=O) groups excluding carboxylic acids is 1. The Bertz CT molecular complexity index is 866. The summed E-state index contributed by atoms with van der Waals surface area (Å²) in [6.45, 7) is 8.09. The van der Waals surface area contributed by atoms with Gasteiger partial charge >= 0.3 is 6.09 Å². The molecule has 0 spiro atoms. The Morgan fingerprint density at radius 2 is 1.97 bits per heavy atom. The average molecular weight is 405 g/mol. The highest BCUT2D eigenvalue weighted by atomic mass is 19.1. The van der Waals surface area contributed by atoms with Crippen LogP contribution < -0.4 is 15.1 Å². The lowest BCUT2D eigenvalue weighted by Crippen LogP contribution is -2.44. The molecule has 0 saturated carbocycles. The lowest BCUT2D eigenvalue weighted by atomic mass is 10.2. The van der Waals surface area contributed by atoms with Gasteiger partial charge in [0.05, 0.1) is 18.9 Å². The predicted octanol–water partition coefficient (Wildman–Crippen LogP) is 3.11. The molecule has 0 aliphatic carbocycles. The van der Waals surface area contributed by atoms with E-state index in [0.717, 1.165) is 44.4 Å². The van der Waals surface area contributed by atoms with Gasteiger partial charge in [-0.25, -0.2) is 18.6 Å². The molecule has 1 N–H and O–H groups in total. The number of halogens is 2. The summed E-state index contributed by atoms with van der Waals surface area (Å²) in [4.78, 5) is 24.8. The van der Waals surface area contributed by atoms with E-state index in [4.69, 9.17) is 4.74 Å². The summed E-state index contributed by atoms with van der Waals surface area (Å²) >= 11 is 0. The van der Waals surface area contributed by atoms with Crippen LogP contribution in [0.3, 0.4) is 0 Å². The van der Waals surface area contributed by atoms with Crippen molar-refractivity contribution in [2.75, 3.05) is 36.0 Å². The summed E-state index contributed by atoms with van der Waals surface area (Å²) in [5.74, 6) is -0.395. The van der Waals surface area contributed by atoms with E-state index in [2.05, 4.69) is 15.3 Å². The van der Waals surface area contributed by atoms with Crippen molar-refractivity contribution >= 4 is 17.7 Å². The van der Waals surface area contributed by atoms with Crippen LogP contribution in [0.2, 0.25) is 0 Å². The van der Waals surface area contributed by atoms with Crippen molar-refractivity contribution in [1.82, 2.24) is 15.3 Å². The third-order valence-corrected chi connectivity index (χ3v) is 4.28. The van der Waals surface area contributed by atoms with Crippen molar-refractivity contribution in [1.29, 1.82) is 0 Å². The Labute approximate surface area is 168 Å². The fourth-order valence-electron chi connectivity index (χ4n) is 2.91. The van der Waals surface area contributed by atoms with Crippen LogP contribution in [0, 0.1) is 11.6 Å². The zero-order valence-electron chi connectivity index (χ0n) is 16.8. The Morgan fingerprint density at radius 3 is 2.66 bits per heavy atom. The van der Waals surface area contributed by atoms with Crippen molar-refractivity contribution in [2.45, 2.75) is 32.9 Å². The molecule has 3 rings (SSSR count). The number of rotatable bonds is 4. The van der Waals surface area contributed by atoms with Crippen molar-refractivity contribution in [3.63, 3.8) is 0 Å². The fourth-order valence-corrected chi connectivity index (χ4v) is 2.91. The quantitative estimate of drug-likeness (QED) is 0.843. The first-order chi connectivity index (χ1) is 13.7. The molecule has 1 aromatic carbocycles. The first-order valence-corrected chi connectivity index (χ1v) is 9.45. The average Bonchev–Trinajstić information content (AvgIpc) is 2.68. The zero-order chi connectivity index (χ0) is 21.0. The number of benzene rings is 1. The summed E-state index contributed by atoms with van der Waals surface area (Å²) in [7, 11) is 0. The Kier molecular flexibility index (Phi) is 6.26. The Morgan fingerprint density at radius 1 is 1.24 bits per heavy atom. The first kappa shape index (κ1) is 20.9. The van der Waals surface area contributed by atoms with Gasteiger partial charge in [0.15, 0.2) is 5.82 Å².